The zero-order valence-electron chi connectivity index (χ0n) is 10.4. The first-order chi connectivity index (χ1) is 8.02. The van der Waals surface area contributed by atoms with Crippen molar-refractivity contribution in [2.24, 2.45) is 5.92 Å². The number of nitrogens with zero attached hydrogens (tertiary/aromatic N) is 3. The van der Waals surface area contributed by atoms with Crippen LogP contribution in [-0.4, -0.2) is 15.0 Å². The average molecular weight is 255 g/mol. The zero-order valence-corrected chi connectivity index (χ0v) is 11.2. The Hall–Kier alpha value is -0.900. The number of nitrogen functional groups attached to an aromatic ring is 1. The van der Waals surface area contributed by atoms with Gasteiger partial charge in [-0.3, -0.25) is 0 Å². The van der Waals surface area contributed by atoms with E-state index in [0.717, 1.165) is 25.1 Å². The molecule has 17 heavy (non-hydrogen) atoms. The van der Waals surface area contributed by atoms with Crippen LogP contribution in [0.4, 0.5) is 5.95 Å². The Bertz CT molecular complexity index is 379. The van der Waals surface area contributed by atoms with Gasteiger partial charge in [0.1, 0.15) is 5.82 Å². The van der Waals surface area contributed by atoms with E-state index in [4.69, 9.17) is 17.3 Å². The molecule has 1 aromatic heterocycles. The maximum absolute atomic E-state index is 5.88. The summed E-state index contributed by atoms with van der Waals surface area (Å²) in [6, 6.07) is 0. The fourth-order valence-electron chi connectivity index (χ4n) is 2.95. The topological polar surface area (TPSA) is 64.7 Å². The molecule has 1 saturated carbocycles. The van der Waals surface area contributed by atoms with E-state index >= 15 is 0 Å². The Kier molecular flexibility index (Phi) is 3.52. The van der Waals surface area contributed by atoms with Crippen molar-refractivity contribution in [3.8, 4) is 0 Å². The van der Waals surface area contributed by atoms with Gasteiger partial charge in [-0.1, -0.05) is 26.7 Å². The summed E-state index contributed by atoms with van der Waals surface area (Å²) in [7, 11) is 0. The lowest BCUT2D eigenvalue weighted by molar-refractivity contribution is 0.328. The van der Waals surface area contributed by atoms with Gasteiger partial charge in [0.15, 0.2) is 0 Å². The third-order valence-corrected chi connectivity index (χ3v) is 3.63. The van der Waals surface area contributed by atoms with Crippen molar-refractivity contribution in [2.45, 2.75) is 51.4 Å². The van der Waals surface area contributed by atoms with Crippen molar-refractivity contribution in [1.29, 1.82) is 0 Å². The van der Waals surface area contributed by atoms with Gasteiger partial charge >= 0.3 is 0 Å². The van der Waals surface area contributed by atoms with E-state index in [9.17, 15) is 0 Å². The zero-order chi connectivity index (χ0) is 12.5. The summed E-state index contributed by atoms with van der Waals surface area (Å²) in [5.41, 5.74) is 5.73. The van der Waals surface area contributed by atoms with E-state index in [2.05, 4.69) is 28.8 Å². The second-order valence-corrected chi connectivity index (χ2v) is 5.71. The van der Waals surface area contributed by atoms with Crippen LogP contribution in [0.3, 0.4) is 0 Å². The minimum Gasteiger partial charge on any atom is -0.368 e. The van der Waals surface area contributed by atoms with Gasteiger partial charge in [0.25, 0.3) is 0 Å². The minimum atomic E-state index is 0.0644. The summed E-state index contributed by atoms with van der Waals surface area (Å²) >= 11 is 5.88. The molecule has 5 heteroatoms. The predicted molar refractivity (Wildman–Crippen MR) is 68.9 cm³/mol. The third kappa shape index (κ3) is 2.68. The first-order valence-electron chi connectivity index (χ1n) is 6.19. The molecule has 1 aromatic rings. The van der Waals surface area contributed by atoms with Gasteiger partial charge in [0.2, 0.25) is 11.2 Å². The lowest BCUT2D eigenvalue weighted by Crippen LogP contribution is -2.28. The van der Waals surface area contributed by atoms with Gasteiger partial charge in [-0.15, -0.1) is 0 Å². The molecule has 4 nitrogen and oxygen atoms in total. The molecule has 2 rings (SSSR count). The van der Waals surface area contributed by atoms with Crippen LogP contribution in [0.5, 0.6) is 0 Å². The van der Waals surface area contributed by atoms with Crippen LogP contribution in [-0.2, 0) is 5.41 Å². The molecule has 0 aromatic carbocycles. The summed E-state index contributed by atoms with van der Waals surface area (Å²) in [6.45, 7) is 4.46. The molecule has 1 fully saturated rings. The Morgan fingerprint density at radius 2 is 1.88 bits per heavy atom. The van der Waals surface area contributed by atoms with Crippen LogP contribution in [0.15, 0.2) is 0 Å². The molecule has 0 bridgehead atoms. The maximum Gasteiger partial charge on any atom is 0.227 e. The van der Waals surface area contributed by atoms with Crippen LogP contribution in [0, 0.1) is 5.92 Å². The Morgan fingerprint density at radius 3 is 2.41 bits per heavy atom. The maximum atomic E-state index is 5.88. The first kappa shape index (κ1) is 12.6. The van der Waals surface area contributed by atoms with E-state index in [-0.39, 0.29) is 16.6 Å². The van der Waals surface area contributed by atoms with Gasteiger partial charge < -0.3 is 5.73 Å². The van der Waals surface area contributed by atoms with Crippen molar-refractivity contribution in [2.75, 3.05) is 5.73 Å². The van der Waals surface area contributed by atoms with Gasteiger partial charge in [-0.25, -0.2) is 4.98 Å². The highest BCUT2D eigenvalue weighted by atomic mass is 35.5. The van der Waals surface area contributed by atoms with Gasteiger partial charge in [0.05, 0.1) is 0 Å². The summed E-state index contributed by atoms with van der Waals surface area (Å²) in [4.78, 5) is 12.5. The molecule has 1 aliphatic carbocycles. The number of aromatic nitrogens is 3. The number of nitrogens with two attached hydrogens (primary N) is 1. The molecule has 0 aliphatic heterocycles. The molecular formula is C12H19ClN4. The second kappa shape index (κ2) is 4.77. The Balaban J connectivity index is 2.38. The van der Waals surface area contributed by atoms with Crippen LogP contribution < -0.4 is 5.73 Å². The van der Waals surface area contributed by atoms with Crippen LogP contribution in [0.2, 0.25) is 5.28 Å². The normalized spacial score (nSPS) is 18.8. The highest BCUT2D eigenvalue weighted by Gasteiger charge is 2.39. The quantitative estimate of drug-likeness (QED) is 0.901. The average Bonchev–Trinajstić information content (AvgIpc) is 2.65. The summed E-state index contributed by atoms with van der Waals surface area (Å²) in [6.07, 6.45) is 5.81. The van der Waals surface area contributed by atoms with E-state index in [1.165, 1.54) is 12.8 Å². The molecule has 0 spiro atoms. The second-order valence-electron chi connectivity index (χ2n) is 5.37. The number of hydrogen-bond donors (Lipinski definition) is 1. The molecular weight excluding hydrogens is 236 g/mol. The smallest absolute Gasteiger partial charge is 0.227 e. The molecule has 0 amide bonds. The number of halogens is 1. The van der Waals surface area contributed by atoms with E-state index in [0.29, 0.717) is 5.92 Å². The van der Waals surface area contributed by atoms with Crippen molar-refractivity contribution in [3.63, 3.8) is 0 Å². The van der Waals surface area contributed by atoms with Crippen molar-refractivity contribution >= 4 is 17.5 Å². The predicted octanol–water partition coefficient (Wildman–Crippen LogP) is 2.97. The highest BCUT2D eigenvalue weighted by molar-refractivity contribution is 6.28. The molecule has 0 unspecified atom stereocenters. The lowest BCUT2D eigenvalue weighted by Gasteiger charge is -2.29. The molecule has 1 aliphatic rings. The van der Waals surface area contributed by atoms with Crippen LogP contribution in [0.25, 0.3) is 0 Å². The molecule has 94 valence electrons. The largest absolute Gasteiger partial charge is 0.368 e. The third-order valence-electron chi connectivity index (χ3n) is 3.46. The monoisotopic (exact) mass is 254 g/mol. The summed E-state index contributed by atoms with van der Waals surface area (Å²) < 4.78 is 0. The summed E-state index contributed by atoms with van der Waals surface area (Å²) in [5.74, 6) is 1.64. The van der Waals surface area contributed by atoms with Crippen LogP contribution >= 0.6 is 11.6 Å². The fourth-order valence-corrected chi connectivity index (χ4v) is 3.12. The molecule has 0 saturated heterocycles. The molecule has 0 atom stereocenters. The number of anilines is 1. The van der Waals surface area contributed by atoms with E-state index in [1.54, 1.807) is 0 Å². The molecule has 0 radical (unpaired) electrons. The minimum absolute atomic E-state index is 0.0644. The number of hydrogen-bond acceptors (Lipinski definition) is 4. The van der Waals surface area contributed by atoms with E-state index in [1.807, 2.05) is 0 Å². The lowest BCUT2D eigenvalue weighted by atomic mass is 9.78. The SMILES string of the molecule is CC(C)CC1(c2nc(N)nc(Cl)n2)CCCC1. The van der Waals surface area contributed by atoms with Gasteiger partial charge in [0, 0.05) is 5.41 Å². The van der Waals surface area contributed by atoms with E-state index < -0.39 is 0 Å². The summed E-state index contributed by atoms with van der Waals surface area (Å²) in [5, 5.41) is 0.211. The Labute approximate surface area is 107 Å². The highest BCUT2D eigenvalue weighted by Crippen LogP contribution is 2.44. The van der Waals surface area contributed by atoms with Crippen molar-refractivity contribution < 1.29 is 0 Å². The van der Waals surface area contributed by atoms with Gasteiger partial charge in [-0.05, 0) is 36.8 Å². The fraction of sp³-hybridized carbons (Fsp3) is 0.750. The van der Waals surface area contributed by atoms with Gasteiger partial charge in [-0.2, -0.15) is 9.97 Å². The first-order valence-corrected chi connectivity index (χ1v) is 6.57. The van der Waals surface area contributed by atoms with Crippen molar-refractivity contribution in [1.82, 2.24) is 15.0 Å². The van der Waals surface area contributed by atoms with Crippen LogP contribution in [0.1, 0.15) is 51.8 Å². The molecule has 2 N–H and O–H groups in total. The number of rotatable bonds is 3. The molecule has 1 heterocycles. The van der Waals surface area contributed by atoms with Crippen molar-refractivity contribution in [3.05, 3.63) is 11.1 Å². The standard InChI is InChI=1S/C12H19ClN4/c1-8(2)7-12(5-3-4-6-12)9-15-10(13)17-11(14)16-9/h8H,3-7H2,1-2H3,(H2,14,15,16,17). The Morgan fingerprint density at radius 1 is 1.24 bits per heavy atom.